The third-order valence-corrected chi connectivity index (χ3v) is 7.88. The Morgan fingerprint density at radius 3 is 2.49 bits per heavy atom. The number of methoxy groups -OCH3 is 1. The lowest BCUT2D eigenvalue weighted by atomic mass is 9.70. The Morgan fingerprint density at radius 2 is 1.85 bits per heavy atom. The highest BCUT2D eigenvalue weighted by Gasteiger charge is 2.56. The summed E-state index contributed by atoms with van der Waals surface area (Å²) in [6, 6.07) is 4.64. The third-order valence-electron chi connectivity index (χ3n) is 7.20. The van der Waals surface area contributed by atoms with Gasteiger partial charge in [0.05, 0.1) is 23.9 Å². The topological polar surface area (TPSA) is 164 Å². The van der Waals surface area contributed by atoms with Gasteiger partial charge in [0.15, 0.2) is 22.5 Å². The summed E-state index contributed by atoms with van der Waals surface area (Å²) in [5.74, 6) is -3.08. The average Bonchev–Trinajstić information content (AvgIpc) is 3.53. The molecule has 41 heavy (non-hydrogen) atoms. The van der Waals surface area contributed by atoms with Crippen LogP contribution in [0, 0.1) is 6.92 Å². The van der Waals surface area contributed by atoms with Crippen LogP contribution in [0.4, 0.5) is 10.8 Å². The number of nitrogens with zero attached hydrogens (tertiary/aromatic N) is 1. The molecule has 1 aliphatic heterocycles. The number of hydrogen-bond acceptors (Lipinski definition) is 11. The predicted octanol–water partition coefficient (Wildman–Crippen LogP) is 4.40. The third kappa shape index (κ3) is 4.23. The second kappa shape index (κ2) is 9.89. The molecule has 11 nitrogen and oxygen atoms in total. The first-order valence-electron chi connectivity index (χ1n) is 12.4. The van der Waals surface area contributed by atoms with Gasteiger partial charge in [-0.1, -0.05) is 0 Å². The number of phenols is 2. The van der Waals surface area contributed by atoms with E-state index in [-0.39, 0.29) is 45.0 Å². The van der Waals surface area contributed by atoms with E-state index in [2.05, 4.69) is 15.6 Å². The number of phenolic OH excluding ortho intramolecular Hbond substituents is 2. The smallest absolute Gasteiger partial charge is 0.257 e. The van der Waals surface area contributed by atoms with Gasteiger partial charge in [0.1, 0.15) is 39.7 Å². The van der Waals surface area contributed by atoms with Crippen molar-refractivity contribution in [3.8, 4) is 23.0 Å². The van der Waals surface area contributed by atoms with E-state index in [1.807, 2.05) is 0 Å². The first-order chi connectivity index (χ1) is 19.4. The summed E-state index contributed by atoms with van der Waals surface area (Å²) < 4.78 is 11.2. The highest BCUT2D eigenvalue weighted by molar-refractivity contribution is 7.13. The van der Waals surface area contributed by atoms with Crippen LogP contribution in [-0.2, 0) is 15.0 Å². The molecule has 1 aromatic heterocycles. The average molecular weight is 576 g/mol. The second-order valence-corrected chi connectivity index (χ2v) is 10.6. The number of aromatic nitrogens is 1. The summed E-state index contributed by atoms with van der Waals surface area (Å²) >= 11 is 1.26. The molecule has 1 atom stereocenters. The van der Waals surface area contributed by atoms with Crippen LogP contribution in [0.25, 0.3) is 0 Å². The summed E-state index contributed by atoms with van der Waals surface area (Å²) in [6.45, 7) is 5.64. The predicted molar refractivity (Wildman–Crippen MR) is 150 cm³/mol. The van der Waals surface area contributed by atoms with Crippen molar-refractivity contribution in [2.45, 2.75) is 33.1 Å². The number of carbonyl (C=O) groups excluding carboxylic acids is 4. The summed E-state index contributed by atoms with van der Waals surface area (Å²) in [7, 11) is 1.44. The maximum atomic E-state index is 14.1. The zero-order valence-corrected chi connectivity index (χ0v) is 23.5. The van der Waals surface area contributed by atoms with Crippen LogP contribution in [0.2, 0.25) is 0 Å². The van der Waals surface area contributed by atoms with Crippen LogP contribution in [-0.4, -0.2) is 45.6 Å². The summed E-state index contributed by atoms with van der Waals surface area (Å²) in [5.41, 5.74) is -1.34. The number of thiazole rings is 1. The van der Waals surface area contributed by atoms with E-state index in [0.717, 1.165) is 6.08 Å². The fourth-order valence-electron chi connectivity index (χ4n) is 5.03. The van der Waals surface area contributed by atoms with Crippen LogP contribution >= 0.6 is 11.3 Å². The number of hydrogen-bond donors (Lipinski definition) is 4. The largest absolute Gasteiger partial charge is 0.507 e. The van der Waals surface area contributed by atoms with Gasteiger partial charge in [-0.05, 0) is 45.9 Å². The van der Waals surface area contributed by atoms with Gasteiger partial charge in [0.2, 0.25) is 0 Å². The molecular weight excluding hydrogens is 550 g/mol. The number of nitrogens with one attached hydrogen (secondary N) is 2. The molecule has 0 spiro atoms. The lowest BCUT2D eigenvalue weighted by Crippen LogP contribution is -2.40. The number of Topliss-reactive ketones (excluding diaryl/α,β-unsaturated/α-hetero) is 2. The molecule has 1 aliphatic carbocycles. The fourth-order valence-corrected chi connectivity index (χ4v) is 5.55. The van der Waals surface area contributed by atoms with E-state index >= 15 is 0 Å². The SMILES string of the molecule is COc1ccc(C(=O)Nc2nccs2)cc1NC(C)=C1C(=O)C=C2Oc3c(C(C)=O)c(O)c(C)c(O)c3C2(C)C1=O. The molecule has 2 aromatic carbocycles. The van der Waals surface area contributed by atoms with Gasteiger partial charge < -0.3 is 25.0 Å². The number of anilines is 2. The van der Waals surface area contributed by atoms with Crippen LogP contribution in [0.3, 0.4) is 0 Å². The molecule has 1 unspecified atom stereocenters. The van der Waals surface area contributed by atoms with E-state index in [9.17, 15) is 29.4 Å². The molecule has 0 fully saturated rings. The number of aromatic hydroxyl groups is 2. The molecule has 210 valence electrons. The molecule has 4 N–H and O–H groups in total. The Balaban J connectivity index is 1.58. The number of allylic oxidation sites excluding steroid dienone is 4. The molecule has 0 bridgehead atoms. The van der Waals surface area contributed by atoms with Crippen LogP contribution in [0.5, 0.6) is 23.0 Å². The molecule has 1 amide bonds. The first kappa shape index (κ1) is 27.6. The summed E-state index contributed by atoms with van der Waals surface area (Å²) in [5, 5.41) is 29.4. The number of amides is 1. The van der Waals surface area contributed by atoms with Crippen molar-refractivity contribution in [3.05, 3.63) is 75.1 Å². The van der Waals surface area contributed by atoms with Crippen molar-refractivity contribution in [3.63, 3.8) is 0 Å². The fraction of sp³-hybridized carbons (Fsp3) is 0.207. The second-order valence-electron chi connectivity index (χ2n) is 9.72. The molecule has 2 heterocycles. The van der Waals surface area contributed by atoms with Crippen LogP contribution in [0.15, 0.2) is 52.9 Å². The Labute approximate surface area is 238 Å². The quantitative estimate of drug-likeness (QED) is 0.188. The molecule has 2 aliphatic rings. The van der Waals surface area contributed by atoms with Gasteiger partial charge in [0, 0.05) is 34.5 Å². The summed E-state index contributed by atoms with van der Waals surface area (Å²) in [4.78, 5) is 56.5. The van der Waals surface area contributed by atoms with Gasteiger partial charge in [-0.15, -0.1) is 11.3 Å². The lowest BCUT2D eigenvalue weighted by molar-refractivity contribution is -0.123. The Morgan fingerprint density at radius 1 is 1.12 bits per heavy atom. The number of benzene rings is 2. The van der Waals surface area contributed by atoms with Gasteiger partial charge in [-0.3, -0.25) is 24.5 Å². The molecule has 0 radical (unpaired) electrons. The Hall–Kier alpha value is -4.97. The van der Waals surface area contributed by atoms with Crippen LogP contribution < -0.4 is 20.1 Å². The van der Waals surface area contributed by atoms with Crippen molar-refractivity contribution in [2.24, 2.45) is 0 Å². The van der Waals surface area contributed by atoms with E-state index < -0.39 is 40.2 Å². The number of ether oxygens (including phenoxy) is 2. The molecule has 0 saturated carbocycles. The van der Waals surface area contributed by atoms with Crippen molar-refractivity contribution in [2.75, 3.05) is 17.7 Å². The molecule has 0 saturated heterocycles. The number of ketones is 3. The minimum atomic E-state index is -1.66. The highest BCUT2D eigenvalue weighted by atomic mass is 32.1. The van der Waals surface area contributed by atoms with Crippen molar-refractivity contribution < 1.29 is 38.9 Å². The minimum absolute atomic E-state index is 0.00248. The van der Waals surface area contributed by atoms with Crippen LogP contribution in [0.1, 0.15) is 52.6 Å². The van der Waals surface area contributed by atoms with Gasteiger partial charge in [-0.2, -0.15) is 0 Å². The normalized spacial score (nSPS) is 18.6. The molecule has 3 aromatic rings. The molecule has 12 heteroatoms. The van der Waals surface area contributed by atoms with Gasteiger partial charge >= 0.3 is 0 Å². The standard InChI is InChI=1S/C29H25N3O8S/c1-12-23(35)21(14(3)33)25-22(24(12)36)29(4)19(40-25)11-17(34)20(26(29)37)13(2)31-16-10-15(6-7-18(16)39-5)27(38)32-28-30-8-9-41-28/h6-11,31,35-36H,1-5H3,(H,30,32,38). The first-order valence-corrected chi connectivity index (χ1v) is 13.2. The maximum absolute atomic E-state index is 14.1. The van der Waals surface area contributed by atoms with Crippen molar-refractivity contribution in [1.29, 1.82) is 0 Å². The van der Waals surface area contributed by atoms with Crippen molar-refractivity contribution in [1.82, 2.24) is 4.98 Å². The van der Waals surface area contributed by atoms with E-state index in [4.69, 9.17) is 9.47 Å². The Bertz CT molecular complexity index is 1740. The molecular formula is C29H25N3O8S. The van der Waals surface area contributed by atoms with E-state index in [0.29, 0.717) is 16.6 Å². The lowest BCUT2D eigenvalue weighted by Gasteiger charge is -2.29. The highest BCUT2D eigenvalue weighted by Crippen LogP contribution is 2.57. The zero-order valence-electron chi connectivity index (χ0n) is 22.7. The number of carbonyl (C=O) groups is 4. The minimum Gasteiger partial charge on any atom is -0.507 e. The zero-order chi connectivity index (χ0) is 29.8. The van der Waals surface area contributed by atoms with E-state index in [1.54, 1.807) is 23.7 Å². The van der Waals surface area contributed by atoms with Gasteiger partial charge in [-0.25, -0.2) is 4.98 Å². The number of rotatable bonds is 6. The monoisotopic (exact) mass is 575 g/mol. The van der Waals surface area contributed by atoms with Crippen molar-refractivity contribution >= 4 is 45.4 Å². The number of fused-ring (bicyclic) bond motifs is 3. The van der Waals surface area contributed by atoms with Gasteiger partial charge in [0.25, 0.3) is 5.91 Å². The van der Waals surface area contributed by atoms with E-state index in [1.165, 1.54) is 52.2 Å². The molecule has 5 rings (SSSR count). The maximum Gasteiger partial charge on any atom is 0.257 e. The Kier molecular flexibility index (Phi) is 6.66. The summed E-state index contributed by atoms with van der Waals surface area (Å²) in [6.07, 6.45) is 2.70.